The van der Waals surface area contributed by atoms with Crippen molar-refractivity contribution in [2.45, 2.75) is 31.3 Å². The van der Waals surface area contributed by atoms with Crippen LogP contribution in [0.15, 0.2) is 11.1 Å². The van der Waals surface area contributed by atoms with Crippen molar-refractivity contribution >= 4 is 33.7 Å². The van der Waals surface area contributed by atoms with Gasteiger partial charge in [-0.2, -0.15) is 0 Å². The van der Waals surface area contributed by atoms with Gasteiger partial charge in [0.25, 0.3) is 0 Å². The van der Waals surface area contributed by atoms with E-state index in [0.717, 1.165) is 0 Å². The predicted molar refractivity (Wildman–Crippen MR) is 67.8 cm³/mol. The van der Waals surface area contributed by atoms with Crippen molar-refractivity contribution in [2.24, 2.45) is 0 Å². The first-order valence-electron chi connectivity index (χ1n) is 5.45. The molecule has 0 aromatic heterocycles. The lowest BCUT2D eigenvalue weighted by molar-refractivity contribution is -0.145. The molecule has 0 bridgehead atoms. The van der Waals surface area contributed by atoms with Crippen LogP contribution in [0.5, 0.6) is 0 Å². The molecule has 7 heteroatoms. The molecule has 0 unspecified atom stereocenters. The zero-order chi connectivity index (χ0) is 13.7. The van der Waals surface area contributed by atoms with Crippen LogP contribution in [-0.4, -0.2) is 37.0 Å². The second-order valence-electron chi connectivity index (χ2n) is 3.96. The van der Waals surface area contributed by atoms with E-state index in [0.29, 0.717) is 17.3 Å². The topological polar surface area (TPSA) is 84.5 Å². The molecule has 1 rings (SSSR count). The number of nitrogens with one attached hydrogen (secondary N) is 2. The van der Waals surface area contributed by atoms with E-state index in [9.17, 15) is 14.4 Å². The summed E-state index contributed by atoms with van der Waals surface area (Å²) in [4.78, 5) is 34.3. The molecule has 1 aliphatic rings. The first kappa shape index (κ1) is 14.7. The van der Waals surface area contributed by atoms with Crippen LogP contribution in [0.1, 0.15) is 19.3 Å². The molecule has 1 saturated heterocycles. The Balaban J connectivity index is 2.59. The molecule has 1 fully saturated rings. The molecule has 18 heavy (non-hydrogen) atoms. The van der Waals surface area contributed by atoms with E-state index in [2.05, 4.69) is 37.9 Å². The van der Waals surface area contributed by atoms with E-state index >= 15 is 0 Å². The summed E-state index contributed by atoms with van der Waals surface area (Å²) in [6.07, 6.45) is 0.999. The Hall–Kier alpha value is -1.37. The number of carbonyl (C=O) groups is 3. The summed E-state index contributed by atoms with van der Waals surface area (Å²) < 4.78 is 5.17. The molecule has 2 atom stereocenters. The predicted octanol–water partition coefficient (Wildman–Crippen LogP) is 0.221. The number of hydrogen-bond donors (Lipinski definition) is 2. The smallest absolute Gasteiger partial charge is 0.328 e. The molecule has 0 radical (unpaired) electrons. The fourth-order valence-electron chi connectivity index (χ4n) is 1.64. The lowest BCUT2D eigenvalue weighted by atomic mass is 10.1. The van der Waals surface area contributed by atoms with Crippen LogP contribution in [0.4, 0.5) is 0 Å². The molecule has 1 heterocycles. The van der Waals surface area contributed by atoms with Gasteiger partial charge in [-0.25, -0.2) is 4.79 Å². The summed E-state index contributed by atoms with van der Waals surface area (Å²) in [7, 11) is 1.25. The Morgan fingerprint density at radius 2 is 2.33 bits per heavy atom. The Bertz CT molecular complexity index is 383. The number of esters is 1. The number of methoxy groups -OCH3 is 1. The molecule has 0 aliphatic carbocycles. The maximum Gasteiger partial charge on any atom is 0.328 e. The molecule has 0 aromatic carbocycles. The molecule has 6 nitrogen and oxygen atoms in total. The number of halogens is 1. The molecule has 0 aromatic rings. The molecule has 100 valence electrons. The second-order valence-corrected chi connectivity index (χ2v) is 5.09. The third-order valence-corrected chi connectivity index (χ3v) is 2.86. The Morgan fingerprint density at radius 1 is 1.67 bits per heavy atom. The minimum absolute atomic E-state index is 0.158. The summed E-state index contributed by atoms with van der Waals surface area (Å²) in [6, 6.07) is -1.37. The number of amides is 2. The van der Waals surface area contributed by atoms with Gasteiger partial charge in [0.05, 0.1) is 7.11 Å². The van der Waals surface area contributed by atoms with Gasteiger partial charge in [0.15, 0.2) is 0 Å². The van der Waals surface area contributed by atoms with Gasteiger partial charge >= 0.3 is 5.97 Å². The van der Waals surface area contributed by atoms with Crippen molar-refractivity contribution in [3.63, 3.8) is 0 Å². The van der Waals surface area contributed by atoms with Crippen LogP contribution in [0.3, 0.4) is 0 Å². The summed E-state index contributed by atoms with van der Waals surface area (Å²) in [5.74, 6) is -1.09. The van der Waals surface area contributed by atoms with E-state index in [-0.39, 0.29) is 18.2 Å². The van der Waals surface area contributed by atoms with E-state index in [1.54, 1.807) is 0 Å². The van der Waals surface area contributed by atoms with Crippen LogP contribution in [0.25, 0.3) is 0 Å². The standard InChI is InChI=1S/C11H15BrN2O4/c1-6(12)5-8(11(17)18-2)14-10(16)7-3-4-9(15)13-7/h7-8H,1,3-5H2,2H3,(H,13,15)(H,14,16)/t7-,8-/m1/s1. The third-order valence-electron chi connectivity index (χ3n) is 2.54. The van der Waals surface area contributed by atoms with Gasteiger partial charge in [0.1, 0.15) is 12.1 Å². The molecular weight excluding hydrogens is 304 g/mol. The van der Waals surface area contributed by atoms with Crippen molar-refractivity contribution in [3.8, 4) is 0 Å². The molecule has 0 saturated carbocycles. The van der Waals surface area contributed by atoms with E-state index in [1.165, 1.54) is 7.11 Å². The van der Waals surface area contributed by atoms with Crippen LogP contribution >= 0.6 is 15.9 Å². The van der Waals surface area contributed by atoms with Crippen LogP contribution in [0, 0.1) is 0 Å². The highest BCUT2D eigenvalue weighted by Gasteiger charge is 2.30. The van der Waals surface area contributed by atoms with Gasteiger partial charge in [-0.15, -0.1) is 0 Å². The van der Waals surface area contributed by atoms with Crippen LogP contribution in [0.2, 0.25) is 0 Å². The van der Waals surface area contributed by atoms with Crippen LogP contribution in [-0.2, 0) is 19.1 Å². The van der Waals surface area contributed by atoms with E-state index < -0.39 is 18.1 Å². The average Bonchev–Trinajstić information content (AvgIpc) is 2.73. The minimum atomic E-state index is -0.799. The average molecular weight is 319 g/mol. The van der Waals surface area contributed by atoms with Crippen molar-refractivity contribution < 1.29 is 19.1 Å². The van der Waals surface area contributed by atoms with Gasteiger partial charge in [-0.3, -0.25) is 9.59 Å². The van der Waals surface area contributed by atoms with Crippen LogP contribution < -0.4 is 10.6 Å². The van der Waals surface area contributed by atoms with Crippen molar-refractivity contribution in [1.82, 2.24) is 10.6 Å². The highest BCUT2D eigenvalue weighted by atomic mass is 79.9. The largest absolute Gasteiger partial charge is 0.467 e. The first-order valence-corrected chi connectivity index (χ1v) is 6.24. The summed E-state index contributed by atoms with van der Waals surface area (Å²) >= 11 is 3.13. The zero-order valence-electron chi connectivity index (χ0n) is 9.99. The monoisotopic (exact) mass is 318 g/mol. The normalized spacial score (nSPS) is 19.9. The summed E-state index contributed by atoms with van der Waals surface area (Å²) in [5.41, 5.74) is 0. The molecule has 2 N–H and O–H groups in total. The third kappa shape index (κ3) is 4.14. The maximum atomic E-state index is 11.8. The molecule has 1 aliphatic heterocycles. The van der Waals surface area contributed by atoms with Gasteiger partial charge in [-0.1, -0.05) is 22.5 Å². The Labute approximate surface area is 113 Å². The maximum absolute atomic E-state index is 11.8. The molecule has 0 spiro atoms. The Morgan fingerprint density at radius 3 is 2.78 bits per heavy atom. The van der Waals surface area contributed by atoms with Crippen molar-refractivity contribution in [3.05, 3.63) is 11.1 Å². The van der Waals surface area contributed by atoms with Gasteiger partial charge in [0.2, 0.25) is 11.8 Å². The number of rotatable bonds is 5. The van der Waals surface area contributed by atoms with E-state index in [4.69, 9.17) is 0 Å². The quantitative estimate of drug-likeness (QED) is 0.710. The first-order chi connectivity index (χ1) is 8.43. The lowest BCUT2D eigenvalue weighted by Crippen LogP contribution is -2.49. The fraction of sp³-hybridized carbons (Fsp3) is 0.545. The Kier molecular flexibility index (Phi) is 5.33. The zero-order valence-corrected chi connectivity index (χ0v) is 11.6. The van der Waals surface area contributed by atoms with Gasteiger partial charge in [0, 0.05) is 12.8 Å². The highest BCUT2D eigenvalue weighted by Crippen LogP contribution is 2.12. The van der Waals surface area contributed by atoms with E-state index in [1.807, 2.05) is 0 Å². The van der Waals surface area contributed by atoms with Crippen molar-refractivity contribution in [2.75, 3.05) is 7.11 Å². The number of ether oxygens (including phenoxy) is 1. The van der Waals surface area contributed by atoms with Crippen molar-refractivity contribution in [1.29, 1.82) is 0 Å². The summed E-state index contributed by atoms with van der Waals surface area (Å²) in [6.45, 7) is 3.62. The van der Waals surface area contributed by atoms with Gasteiger partial charge in [-0.05, 0) is 10.9 Å². The number of hydrogen-bond acceptors (Lipinski definition) is 4. The second kappa shape index (κ2) is 6.53. The number of carbonyl (C=O) groups excluding carboxylic acids is 3. The molecular formula is C11H15BrN2O4. The fourth-order valence-corrected chi connectivity index (χ4v) is 1.96. The minimum Gasteiger partial charge on any atom is -0.467 e. The lowest BCUT2D eigenvalue weighted by Gasteiger charge is -2.18. The van der Waals surface area contributed by atoms with Gasteiger partial charge < -0.3 is 15.4 Å². The molecule has 2 amide bonds. The SMILES string of the molecule is C=C(Br)C[C@@H](NC(=O)[C@H]1CCC(=O)N1)C(=O)OC. The highest BCUT2D eigenvalue weighted by molar-refractivity contribution is 9.11. The summed E-state index contributed by atoms with van der Waals surface area (Å²) in [5, 5.41) is 5.07.